The van der Waals surface area contributed by atoms with Gasteiger partial charge >= 0.3 is 6.18 Å². The minimum absolute atomic E-state index is 0.0401. The molecule has 1 aromatic carbocycles. The van der Waals surface area contributed by atoms with Gasteiger partial charge in [-0.05, 0) is 37.0 Å². The van der Waals surface area contributed by atoms with Gasteiger partial charge in [0.25, 0.3) is 0 Å². The van der Waals surface area contributed by atoms with E-state index in [1.165, 1.54) is 0 Å². The minimum Gasteiger partial charge on any atom is -0.494 e. The van der Waals surface area contributed by atoms with Crippen LogP contribution in [0.4, 0.5) is 13.2 Å². The third kappa shape index (κ3) is 6.25. The summed E-state index contributed by atoms with van der Waals surface area (Å²) in [5, 5.41) is 0. The fourth-order valence-electron chi connectivity index (χ4n) is 1.89. The van der Waals surface area contributed by atoms with Gasteiger partial charge in [-0.2, -0.15) is 13.2 Å². The molecule has 0 aliphatic rings. The van der Waals surface area contributed by atoms with Crippen LogP contribution in [-0.2, 0) is 0 Å². The van der Waals surface area contributed by atoms with Crippen LogP contribution in [0.3, 0.4) is 0 Å². The van der Waals surface area contributed by atoms with Gasteiger partial charge < -0.3 is 4.74 Å². The maximum absolute atomic E-state index is 12.1. The molecule has 0 heterocycles. The molecule has 0 aliphatic carbocycles. The summed E-state index contributed by atoms with van der Waals surface area (Å²) in [6.07, 6.45) is -3.65. The highest BCUT2D eigenvalue weighted by atomic mass is 19.4. The van der Waals surface area contributed by atoms with Gasteiger partial charge in [-0.1, -0.05) is 19.1 Å². The van der Waals surface area contributed by atoms with Crippen molar-refractivity contribution >= 4 is 0 Å². The number of hydrazine groups is 1. The van der Waals surface area contributed by atoms with Gasteiger partial charge in [-0.15, -0.1) is 0 Å². The normalized spacial score (nSPS) is 13.2. The molecule has 0 saturated carbocycles. The van der Waals surface area contributed by atoms with E-state index in [2.05, 4.69) is 5.43 Å². The van der Waals surface area contributed by atoms with Crippen LogP contribution < -0.4 is 16.0 Å². The standard InChI is InChI=1S/C14H21F3N2O/c1-2-9-20-12-6-3-5-11(10-12)13(19-18)7-4-8-14(15,16)17/h3,5-6,10,13,19H,2,4,7-9,18H2,1H3. The summed E-state index contributed by atoms with van der Waals surface area (Å²) >= 11 is 0. The molecule has 1 rings (SSSR count). The molecule has 1 aromatic rings. The van der Waals surface area contributed by atoms with Crippen LogP contribution in [0.2, 0.25) is 0 Å². The largest absolute Gasteiger partial charge is 0.494 e. The summed E-state index contributed by atoms with van der Waals surface area (Å²) in [5.74, 6) is 6.14. The van der Waals surface area contributed by atoms with Gasteiger partial charge in [-0.25, -0.2) is 0 Å². The number of ether oxygens (including phenoxy) is 1. The van der Waals surface area contributed by atoms with E-state index in [1.807, 2.05) is 31.2 Å². The average molecular weight is 290 g/mol. The molecular formula is C14H21F3N2O. The molecule has 114 valence electrons. The molecule has 0 fully saturated rings. The Morgan fingerprint density at radius 1 is 1.35 bits per heavy atom. The van der Waals surface area contributed by atoms with E-state index in [-0.39, 0.29) is 12.5 Å². The van der Waals surface area contributed by atoms with Crippen molar-refractivity contribution in [2.45, 2.75) is 44.8 Å². The molecule has 0 saturated heterocycles. The van der Waals surface area contributed by atoms with Crippen molar-refractivity contribution in [3.63, 3.8) is 0 Å². The molecule has 0 spiro atoms. The van der Waals surface area contributed by atoms with Crippen molar-refractivity contribution < 1.29 is 17.9 Å². The summed E-state index contributed by atoms with van der Waals surface area (Å²) < 4.78 is 41.9. The Bertz CT molecular complexity index is 396. The van der Waals surface area contributed by atoms with Crippen molar-refractivity contribution in [2.24, 2.45) is 5.84 Å². The van der Waals surface area contributed by atoms with E-state index in [1.54, 1.807) is 0 Å². The van der Waals surface area contributed by atoms with Crippen LogP contribution >= 0.6 is 0 Å². The molecule has 6 heteroatoms. The number of rotatable bonds is 8. The average Bonchev–Trinajstić information content (AvgIpc) is 2.40. The highest BCUT2D eigenvalue weighted by molar-refractivity contribution is 5.30. The first-order valence-corrected chi connectivity index (χ1v) is 6.72. The second-order valence-electron chi connectivity index (χ2n) is 4.65. The maximum atomic E-state index is 12.1. The lowest BCUT2D eigenvalue weighted by Gasteiger charge is -2.17. The van der Waals surface area contributed by atoms with Gasteiger partial charge in [0.05, 0.1) is 6.61 Å². The predicted octanol–water partition coefficient (Wildman–Crippen LogP) is 3.71. The molecule has 1 atom stereocenters. The van der Waals surface area contributed by atoms with Crippen LogP contribution in [0.25, 0.3) is 0 Å². The lowest BCUT2D eigenvalue weighted by molar-refractivity contribution is -0.135. The second-order valence-corrected chi connectivity index (χ2v) is 4.65. The molecule has 0 aromatic heterocycles. The van der Waals surface area contributed by atoms with E-state index in [4.69, 9.17) is 10.6 Å². The molecule has 1 unspecified atom stereocenters. The number of halogens is 3. The Kier molecular flexibility index (Phi) is 6.81. The van der Waals surface area contributed by atoms with Crippen LogP contribution in [0, 0.1) is 0 Å². The number of hydrogen-bond acceptors (Lipinski definition) is 3. The monoisotopic (exact) mass is 290 g/mol. The van der Waals surface area contributed by atoms with Crippen molar-refractivity contribution in [1.29, 1.82) is 0 Å². The van der Waals surface area contributed by atoms with E-state index in [0.717, 1.165) is 12.0 Å². The molecule has 0 aliphatic heterocycles. The number of alkyl halides is 3. The topological polar surface area (TPSA) is 47.3 Å². The summed E-state index contributed by atoms with van der Waals surface area (Å²) in [4.78, 5) is 0. The smallest absolute Gasteiger partial charge is 0.389 e. The molecule has 0 radical (unpaired) electrons. The number of nitrogens with two attached hydrogens (primary N) is 1. The maximum Gasteiger partial charge on any atom is 0.389 e. The van der Waals surface area contributed by atoms with Gasteiger partial charge in [-0.3, -0.25) is 11.3 Å². The van der Waals surface area contributed by atoms with Crippen molar-refractivity contribution in [1.82, 2.24) is 5.43 Å². The Balaban J connectivity index is 2.60. The zero-order valence-corrected chi connectivity index (χ0v) is 11.5. The fraction of sp³-hybridized carbons (Fsp3) is 0.571. The van der Waals surface area contributed by atoms with Crippen LogP contribution in [0.5, 0.6) is 5.75 Å². The Hall–Kier alpha value is -1.27. The Labute approximate surface area is 117 Å². The first kappa shape index (κ1) is 16.8. The minimum atomic E-state index is -4.12. The SMILES string of the molecule is CCCOc1cccc(C(CCCC(F)(F)F)NN)c1. The Morgan fingerprint density at radius 2 is 2.10 bits per heavy atom. The van der Waals surface area contributed by atoms with Crippen LogP contribution in [0.15, 0.2) is 24.3 Å². The number of hydrogen-bond donors (Lipinski definition) is 2. The van der Waals surface area contributed by atoms with Crippen molar-refractivity contribution in [3.05, 3.63) is 29.8 Å². The molecule has 3 nitrogen and oxygen atoms in total. The quantitative estimate of drug-likeness (QED) is 0.567. The summed E-state index contributed by atoms with van der Waals surface area (Å²) in [5.41, 5.74) is 3.40. The van der Waals surface area contributed by atoms with E-state index in [9.17, 15) is 13.2 Å². The van der Waals surface area contributed by atoms with E-state index >= 15 is 0 Å². The van der Waals surface area contributed by atoms with Gasteiger partial charge in [0.15, 0.2) is 0 Å². The second kappa shape index (κ2) is 8.11. The predicted molar refractivity (Wildman–Crippen MR) is 72.2 cm³/mol. The van der Waals surface area contributed by atoms with Crippen molar-refractivity contribution in [3.8, 4) is 5.75 Å². The zero-order valence-electron chi connectivity index (χ0n) is 11.5. The molecule has 3 N–H and O–H groups in total. The van der Waals surface area contributed by atoms with E-state index < -0.39 is 12.6 Å². The van der Waals surface area contributed by atoms with Crippen LogP contribution in [0.1, 0.15) is 44.2 Å². The first-order valence-electron chi connectivity index (χ1n) is 6.72. The molecule has 0 amide bonds. The zero-order chi connectivity index (χ0) is 15.0. The van der Waals surface area contributed by atoms with Crippen LogP contribution in [-0.4, -0.2) is 12.8 Å². The number of nitrogens with one attached hydrogen (secondary N) is 1. The van der Waals surface area contributed by atoms with Gasteiger partial charge in [0.1, 0.15) is 5.75 Å². The molecule has 0 bridgehead atoms. The highest BCUT2D eigenvalue weighted by Crippen LogP contribution is 2.27. The third-order valence-corrected chi connectivity index (χ3v) is 2.89. The summed E-state index contributed by atoms with van der Waals surface area (Å²) in [6, 6.07) is 6.98. The fourth-order valence-corrected chi connectivity index (χ4v) is 1.89. The summed E-state index contributed by atoms with van der Waals surface area (Å²) in [6.45, 7) is 2.61. The lowest BCUT2D eigenvalue weighted by atomic mass is 10.0. The van der Waals surface area contributed by atoms with Gasteiger partial charge in [0, 0.05) is 12.5 Å². The Morgan fingerprint density at radius 3 is 2.70 bits per heavy atom. The third-order valence-electron chi connectivity index (χ3n) is 2.89. The number of benzene rings is 1. The van der Waals surface area contributed by atoms with Gasteiger partial charge in [0.2, 0.25) is 0 Å². The summed E-state index contributed by atoms with van der Waals surface area (Å²) in [7, 11) is 0. The first-order chi connectivity index (χ1) is 9.46. The lowest BCUT2D eigenvalue weighted by Crippen LogP contribution is -2.28. The van der Waals surface area contributed by atoms with Crippen molar-refractivity contribution in [2.75, 3.05) is 6.61 Å². The highest BCUT2D eigenvalue weighted by Gasteiger charge is 2.26. The van der Waals surface area contributed by atoms with E-state index in [0.29, 0.717) is 18.8 Å². The molecule has 20 heavy (non-hydrogen) atoms. The molecular weight excluding hydrogens is 269 g/mol.